The SMILES string of the molecule is CCCCOC(C)OCCOC(C)=O. The van der Waals surface area contributed by atoms with Gasteiger partial charge in [-0.3, -0.25) is 4.79 Å². The van der Waals surface area contributed by atoms with E-state index in [9.17, 15) is 4.79 Å². The summed E-state index contributed by atoms with van der Waals surface area (Å²) >= 11 is 0. The van der Waals surface area contributed by atoms with Gasteiger partial charge in [-0.25, -0.2) is 0 Å². The monoisotopic (exact) mass is 204 g/mol. The number of rotatable bonds is 8. The molecule has 0 aliphatic rings. The molecule has 0 heterocycles. The lowest BCUT2D eigenvalue weighted by Crippen LogP contribution is -2.17. The molecule has 14 heavy (non-hydrogen) atoms. The van der Waals surface area contributed by atoms with E-state index in [4.69, 9.17) is 14.2 Å². The maximum Gasteiger partial charge on any atom is 0.302 e. The number of carbonyl (C=O) groups excluding carboxylic acids is 1. The Labute approximate surface area is 85.5 Å². The number of esters is 1. The molecule has 1 unspecified atom stereocenters. The van der Waals surface area contributed by atoms with E-state index in [2.05, 4.69) is 6.92 Å². The Kier molecular flexibility index (Phi) is 8.57. The highest BCUT2D eigenvalue weighted by molar-refractivity contribution is 5.65. The topological polar surface area (TPSA) is 44.8 Å². The molecule has 0 aromatic carbocycles. The molecule has 0 aliphatic heterocycles. The lowest BCUT2D eigenvalue weighted by Gasteiger charge is -2.13. The maximum atomic E-state index is 10.4. The Hall–Kier alpha value is -0.610. The summed E-state index contributed by atoms with van der Waals surface area (Å²) in [4.78, 5) is 10.4. The standard InChI is InChI=1S/C10H20O4/c1-4-5-6-13-10(3)14-8-7-12-9(2)11/h10H,4-8H2,1-3H3. The number of carbonyl (C=O) groups is 1. The molecule has 0 saturated carbocycles. The molecular weight excluding hydrogens is 184 g/mol. The van der Waals surface area contributed by atoms with E-state index in [1.807, 2.05) is 6.92 Å². The Morgan fingerprint density at radius 1 is 1.21 bits per heavy atom. The first-order chi connectivity index (χ1) is 6.66. The van der Waals surface area contributed by atoms with Crippen molar-refractivity contribution < 1.29 is 19.0 Å². The summed E-state index contributed by atoms with van der Waals surface area (Å²) in [6, 6.07) is 0. The molecule has 4 heteroatoms. The number of ether oxygens (including phenoxy) is 3. The molecule has 4 nitrogen and oxygen atoms in total. The van der Waals surface area contributed by atoms with Crippen LogP contribution >= 0.6 is 0 Å². The van der Waals surface area contributed by atoms with Gasteiger partial charge in [0, 0.05) is 13.5 Å². The van der Waals surface area contributed by atoms with Gasteiger partial charge < -0.3 is 14.2 Å². The Balaban J connectivity index is 3.18. The van der Waals surface area contributed by atoms with E-state index in [1.165, 1.54) is 6.92 Å². The van der Waals surface area contributed by atoms with Gasteiger partial charge in [0.05, 0.1) is 6.61 Å². The molecule has 0 bridgehead atoms. The van der Waals surface area contributed by atoms with Crippen LogP contribution in [0.15, 0.2) is 0 Å². The van der Waals surface area contributed by atoms with Crippen molar-refractivity contribution in [1.82, 2.24) is 0 Å². The van der Waals surface area contributed by atoms with Crippen LogP contribution in [0.5, 0.6) is 0 Å². The normalized spacial score (nSPS) is 12.5. The number of hydrogen-bond acceptors (Lipinski definition) is 4. The van der Waals surface area contributed by atoms with Crippen molar-refractivity contribution >= 4 is 5.97 Å². The fourth-order valence-electron chi connectivity index (χ4n) is 0.841. The van der Waals surface area contributed by atoms with E-state index < -0.39 is 0 Å². The van der Waals surface area contributed by atoms with Gasteiger partial charge in [0.2, 0.25) is 0 Å². The van der Waals surface area contributed by atoms with Gasteiger partial charge in [0.15, 0.2) is 6.29 Å². The zero-order valence-electron chi connectivity index (χ0n) is 9.25. The number of unbranched alkanes of at least 4 members (excludes halogenated alkanes) is 1. The van der Waals surface area contributed by atoms with Gasteiger partial charge in [0.25, 0.3) is 0 Å². The van der Waals surface area contributed by atoms with Gasteiger partial charge in [-0.05, 0) is 13.3 Å². The van der Waals surface area contributed by atoms with Crippen molar-refractivity contribution in [3.63, 3.8) is 0 Å². The Morgan fingerprint density at radius 2 is 1.86 bits per heavy atom. The van der Waals surface area contributed by atoms with E-state index in [0.29, 0.717) is 13.2 Å². The van der Waals surface area contributed by atoms with Crippen LogP contribution in [0.2, 0.25) is 0 Å². The molecule has 0 amide bonds. The lowest BCUT2D eigenvalue weighted by molar-refractivity contribution is -0.155. The molecule has 0 radical (unpaired) electrons. The third-order valence-electron chi connectivity index (χ3n) is 1.59. The van der Waals surface area contributed by atoms with Crippen LogP contribution in [0.4, 0.5) is 0 Å². The summed E-state index contributed by atoms with van der Waals surface area (Å²) in [5.74, 6) is -0.284. The summed E-state index contributed by atoms with van der Waals surface area (Å²) in [7, 11) is 0. The highest BCUT2D eigenvalue weighted by Gasteiger charge is 2.01. The van der Waals surface area contributed by atoms with Crippen LogP contribution in [-0.4, -0.2) is 32.1 Å². The minimum absolute atomic E-state index is 0.225. The zero-order chi connectivity index (χ0) is 10.8. The molecule has 0 spiro atoms. The lowest BCUT2D eigenvalue weighted by atomic mass is 10.4. The van der Waals surface area contributed by atoms with E-state index in [0.717, 1.165) is 12.8 Å². The minimum atomic E-state index is -0.284. The highest BCUT2D eigenvalue weighted by Crippen LogP contribution is 1.96. The first-order valence-corrected chi connectivity index (χ1v) is 5.03. The Morgan fingerprint density at radius 3 is 2.43 bits per heavy atom. The van der Waals surface area contributed by atoms with Gasteiger partial charge in [0.1, 0.15) is 6.61 Å². The second-order valence-corrected chi connectivity index (χ2v) is 3.00. The summed E-state index contributed by atoms with van der Waals surface area (Å²) in [5.41, 5.74) is 0. The zero-order valence-corrected chi connectivity index (χ0v) is 9.25. The van der Waals surface area contributed by atoms with Gasteiger partial charge in [-0.2, -0.15) is 0 Å². The van der Waals surface area contributed by atoms with Crippen LogP contribution in [0.25, 0.3) is 0 Å². The van der Waals surface area contributed by atoms with Crippen LogP contribution in [-0.2, 0) is 19.0 Å². The largest absolute Gasteiger partial charge is 0.463 e. The molecule has 0 saturated heterocycles. The molecule has 0 aromatic heterocycles. The van der Waals surface area contributed by atoms with E-state index in [-0.39, 0.29) is 18.9 Å². The van der Waals surface area contributed by atoms with Crippen LogP contribution in [0.1, 0.15) is 33.6 Å². The predicted molar refractivity (Wildman–Crippen MR) is 52.9 cm³/mol. The molecule has 0 aliphatic carbocycles. The smallest absolute Gasteiger partial charge is 0.302 e. The van der Waals surface area contributed by atoms with Crippen molar-refractivity contribution in [2.24, 2.45) is 0 Å². The molecule has 0 rings (SSSR count). The van der Waals surface area contributed by atoms with Crippen molar-refractivity contribution in [2.45, 2.75) is 39.9 Å². The second-order valence-electron chi connectivity index (χ2n) is 3.00. The van der Waals surface area contributed by atoms with E-state index in [1.54, 1.807) is 0 Å². The fourth-order valence-corrected chi connectivity index (χ4v) is 0.841. The summed E-state index contributed by atoms with van der Waals surface area (Å²) in [5, 5.41) is 0. The van der Waals surface area contributed by atoms with Crippen LogP contribution in [0.3, 0.4) is 0 Å². The molecule has 84 valence electrons. The first kappa shape index (κ1) is 13.4. The molecule has 0 fully saturated rings. The van der Waals surface area contributed by atoms with Crippen LogP contribution < -0.4 is 0 Å². The maximum absolute atomic E-state index is 10.4. The average molecular weight is 204 g/mol. The summed E-state index contributed by atoms with van der Waals surface area (Å²) in [6.07, 6.45) is 1.93. The van der Waals surface area contributed by atoms with E-state index >= 15 is 0 Å². The minimum Gasteiger partial charge on any atom is -0.463 e. The predicted octanol–water partition coefficient (Wildman–Crippen LogP) is 1.73. The van der Waals surface area contributed by atoms with Crippen molar-refractivity contribution in [3.05, 3.63) is 0 Å². The third kappa shape index (κ3) is 9.48. The highest BCUT2D eigenvalue weighted by atomic mass is 16.7. The summed E-state index contributed by atoms with van der Waals surface area (Å²) < 4.78 is 15.3. The van der Waals surface area contributed by atoms with Gasteiger partial charge >= 0.3 is 5.97 Å². The molecular formula is C10H20O4. The second kappa shape index (κ2) is 8.97. The number of hydrogen-bond donors (Lipinski definition) is 0. The molecule has 0 N–H and O–H groups in total. The average Bonchev–Trinajstić information content (AvgIpc) is 2.13. The van der Waals surface area contributed by atoms with Crippen molar-refractivity contribution in [3.8, 4) is 0 Å². The third-order valence-corrected chi connectivity index (χ3v) is 1.59. The van der Waals surface area contributed by atoms with Gasteiger partial charge in [-0.15, -0.1) is 0 Å². The van der Waals surface area contributed by atoms with Gasteiger partial charge in [-0.1, -0.05) is 13.3 Å². The fraction of sp³-hybridized carbons (Fsp3) is 0.900. The van der Waals surface area contributed by atoms with Crippen molar-refractivity contribution in [1.29, 1.82) is 0 Å². The van der Waals surface area contributed by atoms with Crippen molar-refractivity contribution in [2.75, 3.05) is 19.8 Å². The Bertz CT molecular complexity index is 147. The summed E-state index contributed by atoms with van der Waals surface area (Å²) in [6.45, 7) is 6.70. The molecule has 1 atom stereocenters. The quantitative estimate of drug-likeness (QED) is 0.343. The molecule has 0 aromatic rings. The first-order valence-electron chi connectivity index (χ1n) is 5.03. The van der Waals surface area contributed by atoms with Crippen LogP contribution in [0, 0.1) is 0 Å².